The van der Waals surface area contributed by atoms with Crippen LogP contribution in [0.1, 0.15) is 35.2 Å². The summed E-state index contributed by atoms with van der Waals surface area (Å²) < 4.78 is 5.01. The Labute approximate surface area is 163 Å². The van der Waals surface area contributed by atoms with Crippen LogP contribution in [0.2, 0.25) is 0 Å². The number of benzene rings is 2. The number of aromatic nitrogens is 1. The van der Waals surface area contributed by atoms with Gasteiger partial charge in [-0.25, -0.2) is 0 Å². The Balaban J connectivity index is 1.62. The van der Waals surface area contributed by atoms with Crippen molar-refractivity contribution in [3.05, 3.63) is 71.4 Å². The lowest BCUT2D eigenvalue weighted by molar-refractivity contribution is -0.160. The van der Waals surface area contributed by atoms with E-state index in [1.807, 2.05) is 41.3 Å². The molecule has 28 heavy (non-hydrogen) atoms. The van der Waals surface area contributed by atoms with Crippen LogP contribution >= 0.6 is 0 Å². The lowest BCUT2D eigenvalue weighted by Gasteiger charge is -2.45. The molecule has 2 aliphatic rings. The van der Waals surface area contributed by atoms with Crippen LogP contribution < -0.4 is 0 Å². The van der Waals surface area contributed by atoms with Gasteiger partial charge in [-0.05, 0) is 30.0 Å². The highest BCUT2D eigenvalue weighted by molar-refractivity contribution is 6.00. The minimum Gasteiger partial charge on any atom is -0.468 e. The molecule has 2 aliphatic heterocycles. The molecule has 0 bridgehead atoms. The summed E-state index contributed by atoms with van der Waals surface area (Å²) in [6, 6.07) is 18.1. The van der Waals surface area contributed by atoms with E-state index in [0.29, 0.717) is 13.0 Å². The third-order valence-corrected chi connectivity index (χ3v) is 6.27. The molecular weight excluding hydrogens is 352 g/mol. The van der Waals surface area contributed by atoms with Gasteiger partial charge in [0, 0.05) is 29.1 Å². The largest absolute Gasteiger partial charge is 0.468 e. The average molecular weight is 374 g/mol. The SMILES string of the molecule is COC(=O)[C@@H]1C(=O)N2CCc3c([nH]c4ccccc34)[C@H]2C[C@H]1c1ccccc1. The lowest BCUT2D eigenvalue weighted by atomic mass is 9.74. The number of rotatable bonds is 2. The van der Waals surface area contributed by atoms with Gasteiger partial charge in [-0.2, -0.15) is 0 Å². The normalized spacial score (nSPS) is 24.0. The van der Waals surface area contributed by atoms with Crippen LogP contribution in [-0.4, -0.2) is 35.4 Å². The fourth-order valence-electron chi connectivity index (χ4n) is 4.98. The Hall–Kier alpha value is -3.08. The van der Waals surface area contributed by atoms with Crippen molar-refractivity contribution in [2.24, 2.45) is 5.92 Å². The number of H-pyrrole nitrogens is 1. The number of hydrogen-bond donors (Lipinski definition) is 1. The number of esters is 1. The first kappa shape index (κ1) is 17.0. The van der Waals surface area contributed by atoms with Crippen LogP contribution in [-0.2, 0) is 20.7 Å². The summed E-state index contributed by atoms with van der Waals surface area (Å²) in [5.41, 5.74) is 4.53. The topological polar surface area (TPSA) is 62.4 Å². The lowest BCUT2D eigenvalue weighted by Crippen LogP contribution is -2.51. The molecule has 5 nitrogen and oxygen atoms in total. The summed E-state index contributed by atoms with van der Waals surface area (Å²) in [6.45, 7) is 0.632. The Morgan fingerprint density at radius 1 is 1.11 bits per heavy atom. The minimum atomic E-state index is -0.783. The zero-order chi connectivity index (χ0) is 19.3. The first-order chi connectivity index (χ1) is 13.7. The zero-order valence-electron chi connectivity index (χ0n) is 15.7. The van der Waals surface area contributed by atoms with E-state index in [-0.39, 0.29) is 17.9 Å². The summed E-state index contributed by atoms with van der Waals surface area (Å²) in [5.74, 6) is -1.55. The van der Waals surface area contributed by atoms with E-state index >= 15 is 0 Å². The number of methoxy groups -OCH3 is 1. The number of amides is 1. The van der Waals surface area contributed by atoms with Gasteiger partial charge < -0.3 is 14.6 Å². The number of piperidine rings is 1. The van der Waals surface area contributed by atoms with Gasteiger partial charge in [-0.3, -0.25) is 9.59 Å². The summed E-state index contributed by atoms with van der Waals surface area (Å²) in [7, 11) is 1.36. The molecule has 2 aromatic carbocycles. The molecule has 5 heteroatoms. The second-order valence-electron chi connectivity index (χ2n) is 7.61. The van der Waals surface area contributed by atoms with Crippen LogP contribution in [0.3, 0.4) is 0 Å². The van der Waals surface area contributed by atoms with Gasteiger partial charge in [0.05, 0.1) is 13.2 Å². The van der Waals surface area contributed by atoms with Gasteiger partial charge in [-0.1, -0.05) is 48.5 Å². The summed E-state index contributed by atoms with van der Waals surface area (Å²) in [5, 5.41) is 1.23. The van der Waals surface area contributed by atoms with Crippen LogP contribution in [0.15, 0.2) is 54.6 Å². The number of nitrogens with zero attached hydrogens (tertiary/aromatic N) is 1. The molecule has 0 aliphatic carbocycles. The van der Waals surface area contributed by atoms with Crippen LogP contribution in [0.4, 0.5) is 0 Å². The maximum Gasteiger partial charge on any atom is 0.318 e. The Bertz CT molecular complexity index is 1060. The van der Waals surface area contributed by atoms with Crippen molar-refractivity contribution < 1.29 is 14.3 Å². The van der Waals surface area contributed by atoms with E-state index in [9.17, 15) is 9.59 Å². The van der Waals surface area contributed by atoms with Crippen LogP contribution in [0.25, 0.3) is 10.9 Å². The quantitative estimate of drug-likeness (QED) is 0.551. The molecule has 1 amide bonds. The molecule has 0 spiro atoms. The number of nitrogens with one attached hydrogen (secondary N) is 1. The van der Waals surface area contributed by atoms with E-state index in [0.717, 1.165) is 23.2 Å². The summed E-state index contributed by atoms with van der Waals surface area (Å²) in [6.07, 6.45) is 1.50. The van der Waals surface area contributed by atoms with Gasteiger partial charge in [0.2, 0.25) is 5.91 Å². The van der Waals surface area contributed by atoms with Crippen LogP contribution in [0.5, 0.6) is 0 Å². The highest BCUT2D eigenvalue weighted by atomic mass is 16.5. The molecular formula is C23H22N2O3. The Morgan fingerprint density at radius 3 is 2.64 bits per heavy atom. The van der Waals surface area contributed by atoms with E-state index in [1.165, 1.54) is 18.1 Å². The maximum atomic E-state index is 13.4. The van der Waals surface area contributed by atoms with Crippen LogP contribution in [0, 0.1) is 5.92 Å². The molecule has 0 unspecified atom stereocenters. The van der Waals surface area contributed by atoms with Gasteiger partial charge in [0.25, 0.3) is 0 Å². The predicted molar refractivity (Wildman–Crippen MR) is 106 cm³/mol. The molecule has 0 saturated carbocycles. The fraction of sp³-hybridized carbons (Fsp3) is 0.304. The van der Waals surface area contributed by atoms with Gasteiger partial charge in [0.15, 0.2) is 0 Å². The molecule has 1 aromatic heterocycles. The van der Waals surface area contributed by atoms with Gasteiger partial charge in [-0.15, -0.1) is 0 Å². The maximum absolute atomic E-state index is 13.4. The number of hydrogen-bond acceptors (Lipinski definition) is 3. The van der Waals surface area contributed by atoms with Crippen molar-refractivity contribution >= 4 is 22.8 Å². The van der Waals surface area contributed by atoms with E-state index in [4.69, 9.17) is 4.74 Å². The minimum absolute atomic E-state index is 0.0465. The highest BCUT2D eigenvalue weighted by Crippen LogP contribution is 2.47. The number of fused-ring (bicyclic) bond motifs is 5. The Morgan fingerprint density at radius 2 is 1.86 bits per heavy atom. The van der Waals surface area contributed by atoms with Crippen molar-refractivity contribution in [1.82, 2.24) is 9.88 Å². The van der Waals surface area contributed by atoms with Crippen molar-refractivity contribution in [2.75, 3.05) is 13.7 Å². The number of carbonyl (C=O) groups is 2. The van der Waals surface area contributed by atoms with Gasteiger partial charge in [0.1, 0.15) is 5.92 Å². The molecule has 5 rings (SSSR count). The molecule has 142 valence electrons. The molecule has 3 atom stereocenters. The van der Waals surface area contributed by atoms with Crippen molar-refractivity contribution in [3.8, 4) is 0 Å². The number of aromatic amines is 1. The van der Waals surface area contributed by atoms with E-state index in [1.54, 1.807) is 0 Å². The molecule has 1 N–H and O–H groups in total. The van der Waals surface area contributed by atoms with Crippen molar-refractivity contribution in [1.29, 1.82) is 0 Å². The molecule has 3 heterocycles. The smallest absolute Gasteiger partial charge is 0.318 e. The zero-order valence-corrected chi connectivity index (χ0v) is 15.7. The fourth-order valence-corrected chi connectivity index (χ4v) is 4.98. The van der Waals surface area contributed by atoms with Crippen molar-refractivity contribution in [3.63, 3.8) is 0 Å². The first-order valence-electron chi connectivity index (χ1n) is 9.71. The second kappa shape index (κ2) is 6.51. The molecule has 1 saturated heterocycles. The summed E-state index contributed by atoms with van der Waals surface area (Å²) >= 11 is 0. The van der Waals surface area contributed by atoms with E-state index < -0.39 is 11.9 Å². The molecule has 3 aromatic rings. The second-order valence-corrected chi connectivity index (χ2v) is 7.61. The Kier molecular flexibility index (Phi) is 3.97. The average Bonchev–Trinajstić information content (AvgIpc) is 3.13. The van der Waals surface area contributed by atoms with Gasteiger partial charge >= 0.3 is 5.97 Å². The number of ether oxygens (including phenoxy) is 1. The third-order valence-electron chi connectivity index (χ3n) is 6.27. The number of para-hydroxylation sites is 1. The standard InChI is InChI=1S/C23H22N2O3/c1-28-23(27)20-17(14-7-3-2-4-8-14)13-19-21-16(11-12-25(19)22(20)26)15-9-5-6-10-18(15)24-21/h2-10,17,19-20,24H,11-13H2,1H3/t17-,19+,20-/m0/s1. The molecule has 1 fully saturated rings. The third kappa shape index (κ3) is 2.46. The predicted octanol–water partition coefficient (Wildman–Crippen LogP) is 3.57. The highest BCUT2D eigenvalue weighted by Gasteiger charge is 2.49. The number of carbonyl (C=O) groups excluding carboxylic acids is 2. The molecule has 0 radical (unpaired) electrons. The van der Waals surface area contributed by atoms with E-state index in [2.05, 4.69) is 23.2 Å². The summed E-state index contributed by atoms with van der Waals surface area (Å²) in [4.78, 5) is 31.4. The first-order valence-corrected chi connectivity index (χ1v) is 9.71. The van der Waals surface area contributed by atoms with Crippen molar-refractivity contribution in [2.45, 2.75) is 24.8 Å². The monoisotopic (exact) mass is 374 g/mol.